The van der Waals surface area contributed by atoms with Crippen LogP contribution in [0.25, 0.3) is 11.1 Å². The smallest absolute Gasteiger partial charge is 0.0687 e. The first-order chi connectivity index (χ1) is 8.61. The van der Waals surface area contributed by atoms with Crippen LogP contribution in [0.3, 0.4) is 0 Å². The van der Waals surface area contributed by atoms with Gasteiger partial charge in [-0.3, -0.25) is 0 Å². The van der Waals surface area contributed by atoms with E-state index in [1.165, 1.54) is 16.7 Å². The van der Waals surface area contributed by atoms with E-state index in [1.807, 2.05) is 32.0 Å². The van der Waals surface area contributed by atoms with Crippen molar-refractivity contribution in [1.82, 2.24) is 0 Å². The molecule has 0 saturated heterocycles. The van der Waals surface area contributed by atoms with Gasteiger partial charge in [0, 0.05) is 0 Å². The Hall–Kier alpha value is -2.07. The van der Waals surface area contributed by atoms with Gasteiger partial charge < -0.3 is 0 Å². The SMILES string of the molecule is CC(C)(C#N)Cc1cccc(-c2ccccc2)c1. The minimum atomic E-state index is -0.310. The summed E-state index contributed by atoms with van der Waals surface area (Å²) in [5, 5.41) is 9.09. The van der Waals surface area contributed by atoms with Crippen molar-refractivity contribution < 1.29 is 0 Å². The highest BCUT2D eigenvalue weighted by Gasteiger charge is 2.17. The first kappa shape index (κ1) is 12.4. The summed E-state index contributed by atoms with van der Waals surface area (Å²) in [5.41, 5.74) is 3.33. The molecule has 0 heterocycles. The lowest BCUT2D eigenvalue weighted by atomic mass is 9.86. The van der Waals surface area contributed by atoms with Gasteiger partial charge in [0.05, 0.1) is 11.5 Å². The first-order valence-electron chi connectivity index (χ1n) is 6.16. The second-order valence-corrected chi connectivity index (χ2v) is 5.24. The largest absolute Gasteiger partial charge is 0.198 e. The van der Waals surface area contributed by atoms with Crippen molar-refractivity contribution in [2.45, 2.75) is 20.3 Å². The zero-order chi connectivity index (χ0) is 13.0. The van der Waals surface area contributed by atoms with Crippen LogP contribution in [0.5, 0.6) is 0 Å². The number of hydrogen-bond acceptors (Lipinski definition) is 1. The zero-order valence-electron chi connectivity index (χ0n) is 10.9. The quantitative estimate of drug-likeness (QED) is 0.771. The standard InChI is InChI=1S/C17H17N/c1-17(2,13-18)12-14-7-6-10-16(11-14)15-8-4-3-5-9-15/h3-11H,12H2,1-2H3. The van der Waals surface area contributed by atoms with Crippen LogP contribution in [-0.2, 0) is 6.42 Å². The molecule has 2 aromatic carbocycles. The molecular formula is C17H17N. The summed E-state index contributed by atoms with van der Waals surface area (Å²) in [6.45, 7) is 3.95. The zero-order valence-corrected chi connectivity index (χ0v) is 10.9. The molecule has 0 spiro atoms. The van der Waals surface area contributed by atoms with Gasteiger partial charge in [-0.2, -0.15) is 5.26 Å². The highest BCUT2D eigenvalue weighted by Crippen LogP contribution is 2.25. The Balaban J connectivity index is 2.30. The summed E-state index contributed by atoms with van der Waals surface area (Å²) >= 11 is 0. The van der Waals surface area contributed by atoms with Gasteiger partial charge in [-0.25, -0.2) is 0 Å². The Bertz CT molecular complexity index is 562. The third-order valence-corrected chi connectivity index (χ3v) is 2.98. The van der Waals surface area contributed by atoms with Crippen LogP contribution in [0.1, 0.15) is 19.4 Å². The van der Waals surface area contributed by atoms with Crippen LogP contribution in [0.4, 0.5) is 0 Å². The van der Waals surface area contributed by atoms with Crippen molar-refractivity contribution in [2.24, 2.45) is 5.41 Å². The van der Waals surface area contributed by atoms with Crippen molar-refractivity contribution in [2.75, 3.05) is 0 Å². The highest BCUT2D eigenvalue weighted by molar-refractivity contribution is 5.63. The van der Waals surface area contributed by atoms with Crippen LogP contribution < -0.4 is 0 Å². The van der Waals surface area contributed by atoms with E-state index in [2.05, 4.69) is 42.5 Å². The highest BCUT2D eigenvalue weighted by atomic mass is 14.3. The molecule has 0 fully saturated rings. The van der Waals surface area contributed by atoms with Gasteiger partial charge in [0.25, 0.3) is 0 Å². The van der Waals surface area contributed by atoms with Gasteiger partial charge in [0.15, 0.2) is 0 Å². The third-order valence-electron chi connectivity index (χ3n) is 2.98. The van der Waals surface area contributed by atoms with Gasteiger partial charge in [-0.15, -0.1) is 0 Å². The molecule has 0 bridgehead atoms. The lowest BCUT2D eigenvalue weighted by molar-refractivity contribution is 0.493. The Morgan fingerprint density at radius 1 is 0.944 bits per heavy atom. The van der Waals surface area contributed by atoms with Crippen LogP contribution in [-0.4, -0.2) is 0 Å². The minimum Gasteiger partial charge on any atom is -0.198 e. The first-order valence-corrected chi connectivity index (χ1v) is 6.16. The van der Waals surface area contributed by atoms with E-state index in [9.17, 15) is 0 Å². The maximum Gasteiger partial charge on any atom is 0.0687 e. The maximum atomic E-state index is 9.09. The molecule has 90 valence electrons. The second kappa shape index (κ2) is 5.06. The fourth-order valence-electron chi connectivity index (χ4n) is 2.04. The molecule has 0 unspecified atom stereocenters. The molecule has 2 aromatic rings. The van der Waals surface area contributed by atoms with E-state index < -0.39 is 0 Å². The molecular weight excluding hydrogens is 218 g/mol. The monoisotopic (exact) mass is 235 g/mol. The van der Waals surface area contributed by atoms with Gasteiger partial charge in [-0.05, 0) is 37.0 Å². The van der Waals surface area contributed by atoms with Gasteiger partial charge >= 0.3 is 0 Å². The fourth-order valence-corrected chi connectivity index (χ4v) is 2.04. The van der Waals surface area contributed by atoms with Crippen molar-refractivity contribution >= 4 is 0 Å². The van der Waals surface area contributed by atoms with E-state index in [4.69, 9.17) is 5.26 Å². The van der Waals surface area contributed by atoms with Crippen LogP contribution in [0, 0.1) is 16.7 Å². The van der Waals surface area contributed by atoms with Gasteiger partial charge in [-0.1, -0.05) is 54.6 Å². The lowest BCUT2D eigenvalue weighted by Crippen LogP contribution is -2.11. The number of benzene rings is 2. The summed E-state index contributed by atoms with van der Waals surface area (Å²) in [7, 11) is 0. The van der Waals surface area contributed by atoms with Crippen molar-refractivity contribution in [3.05, 3.63) is 60.2 Å². The van der Waals surface area contributed by atoms with Gasteiger partial charge in [0.1, 0.15) is 0 Å². The third kappa shape index (κ3) is 2.99. The summed E-state index contributed by atoms with van der Waals surface area (Å²) in [6, 6.07) is 21.1. The predicted octanol–water partition coefficient (Wildman–Crippen LogP) is 4.45. The van der Waals surface area contributed by atoms with Crippen molar-refractivity contribution in [3.63, 3.8) is 0 Å². The molecule has 0 aromatic heterocycles. The summed E-state index contributed by atoms with van der Waals surface area (Å²) in [5.74, 6) is 0. The molecule has 0 N–H and O–H groups in total. The lowest BCUT2D eigenvalue weighted by Gasteiger charge is -2.15. The predicted molar refractivity (Wildman–Crippen MR) is 75.0 cm³/mol. The molecule has 0 atom stereocenters. The molecule has 0 amide bonds. The molecule has 0 radical (unpaired) electrons. The Labute approximate surface area is 109 Å². The van der Waals surface area contributed by atoms with E-state index >= 15 is 0 Å². The molecule has 18 heavy (non-hydrogen) atoms. The normalized spacial score (nSPS) is 10.9. The number of rotatable bonds is 3. The van der Waals surface area contributed by atoms with E-state index in [0.717, 1.165) is 6.42 Å². The van der Waals surface area contributed by atoms with Crippen molar-refractivity contribution in [3.8, 4) is 17.2 Å². The van der Waals surface area contributed by atoms with E-state index in [-0.39, 0.29) is 5.41 Å². The molecule has 1 nitrogen and oxygen atoms in total. The van der Waals surface area contributed by atoms with Crippen LogP contribution in [0.15, 0.2) is 54.6 Å². The topological polar surface area (TPSA) is 23.8 Å². The van der Waals surface area contributed by atoms with E-state index in [0.29, 0.717) is 0 Å². The summed E-state index contributed by atoms with van der Waals surface area (Å²) in [6.07, 6.45) is 0.782. The average Bonchev–Trinajstić information content (AvgIpc) is 2.40. The Kier molecular flexibility index (Phi) is 3.48. The van der Waals surface area contributed by atoms with Gasteiger partial charge in [0.2, 0.25) is 0 Å². The molecule has 0 aliphatic rings. The Morgan fingerprint density at radius 3 is 2.28 bits per heavy atom. The summed E-state index contributed by atoms with van der Waals surface area (Å²) < 4.78 is 0. The number of nitrogens with zero attached hydrogens (tertiary/aromatic N) is 1. The number of hydrogen-bond donors (Lipinski definition) is 0. The second-order valence-electron chi connectivity index (χ2n) is 5.24. The fraction of sp³-hybridized carbons (Fsp3) is 0.235. The average molecular weight is 235 g/mol. The summed E-state index contributed by atoms with van der Waals surface area (Å²) in [4.78, 5) is 0. The molecule has 0 saturated carbocycles. The molecule has 0 aliphatic carbocycles. The Morgan fingerprint density at radius 2 is 1.61 bits per heavy atom. The molecule has 2 rings (SSSR count). The van der Waals surface area contributed by atoms with Crippen LogP contribution >= 0.6 is 0 Å². The maximum absolute atomic E-state index is 9.09. The molecule has 1 heteroatoms. The minimum absolute atomic E-state index is 0.310. The number of nitriles is 1. The van der Waals surface area contributed by atoms with Crippen molar-refractivity contribution in [1.29, 1.82) is 5.26 Å². The van der Waals surface area contributed by atoms with Crippen LogP contribution in [0.2, 0.25) is 0 Å². The van der Waals surface area contributed by atoms with E-state index in [1.54, 1.807) is 0 Å². The molecule has 0 aliphatic heterocycles.